The van der Waals surface area contributed by atoms with Crippen LogP contribution in [0.25, 0.3) is 0 Å². The Morgan fingerprint density at radius 1 is 1.21 bits per heavy atom. The molecule has 0 amide bonds. The molecule has 114 valence electrons. The van der Waals surface area contributed by atoms with E-state index in [0.717, 1.165) is 12.5 Å². The lowest BCUT2D eigenvalue weighted by molar-refractivity contribution is 0.186. The largest absolute Gasteiger partial charge is 0.315 e. The maximum atomic E-state index is 3.60. The second-order valence-corrected chi connectivity index (χ2v) is 7.44. The second kappa shape index (κ2) is 8.26. The summed E-state index contributed by atoms with van der Waals surface area (Å²) in [6.45, 7) is 16.8. The molecular formula is C17H36N2. The van der Waals surface area contributed by atoms with Crippen LogP contribution in [0.5, 0.6) is 0 Å². The zero-order valence-electron chi connectivity index (χ0n) is 14.0. The first-order chi connectivity index (χ1) is 8.95. The van der Waals surface area contributed by atoms with E-state index >= 15 is 0 Å². The third kappa shape index (κ3) is 6.27. The number of hydrogen-bond acceptors (Lipinski definition) is 2. The summed E-state index contributed by atoms with van der Waals surface area (Å²) in [4.78, 5) is 2.70. The summed E-state index contributed by atoms with van der Waals surface area (Å²) in [5, 5.41) is 3.60. The summed E-state index contributed by atoms with van der Waals surface area (Å²) in [5.41, 5.74) is 0.485. The van der Waals surface area contributed by atoms with Gasteiger partial charge in [-0.2, -0.15) is 0 Å². The molecule has 1 fully saturated rings. The summed E-state index contributed by atoms with van der Waals surface area (Å²) in [6.07, 6.45) is 6.76. The van der Waals surface area contributed by atoms with Gasteiger partial charge in [-0.3, -0.25) is 4.90 Å². The van der Waals surface area contributed by atoms with Crippen molar-refractivity contribution < 1.29 is 0 Å². The lowest BCUT2D eigenvalue weighted by Gasteiger charge is -2.31. The molecule has 0 aromatic carbocycles. The summed E-state index contributed by atoms with van der Waals surface area (Å²) >= 11 is 0. The van der Waals surface area contributed by atoms with Gasteiger partial charge >= 0.3 is 0 Å². The van der Waals surface area contributed by atoms with E-state index in [-0.39, 0.29) is 0 Å². The van der Waals surface area contributed by atoms with E-state index in [1.165, 1.54) is 51.7 Å². The van der Waals surface area contributed by atoms with Crippen molar-refractivity contribution in [3.05, 3.63) is 0 Å². The molecule has 1 saturated heterocycles. The lowest BCUT2D eigenvalue weighted by atomic mass is 9.77. The summed E-state index contributed by atoms with van der Waals surface area (Å²) < 4.78 is 0. The van der Waals surface area contributed by atoms with Crippen LogP contribution < -0.4 is 5.32 Å². The van der Waals surface area contributed by atoms with Crippen molar-refractivity contribution >= 4 is 0 Å². The Morgan fingerprint density at radius 3 is 2.58 bits per heavy atom. The first kappa shape index (κ1) is 17.0. The molecule has 1 heterocycles. The van der Waals surface area contributed by atoms with Crippen molar-refractivity contribution in [3.8, 4) is 0 Å². The average molecular weight is 268 g/mol. The molecule has 0 spiro atoms. The van der Waals surface area contributed by atoms with Crippen LogP contribution in [-0.4, -0.2) is 37.1 Å². The van der Waals surface area contributed by atoms with Crippen molar-refractivity contribution in [3.63, 3.8) is 0 Å². The third-order valence-electron chi connectivity index (χ3n) is 4.76. The fourth-order valence-electron chi connectivity index (χ4n) is 3.17. The van der Waals surface area contributed by atoms with Gasteiger partial charge in [0.05, 0.1) is 0 Å². The predicted octanol–water partition coefficient (Wildman–Crippen LogP) is 3.91. The number of nitrogens with zero attached hydrogens (tertiary/aromatic N) is 1. The van der Waals surface area contributed by atoms with Crippen LogP contribution >= 0.6 is 0 Å². The van der Waals surface area contributed by atoms with E-state index < -0.39 is 0 Å². The van der Waals surface area contributed by atoms with Crippen LogP contribution in [0, 0.1) is 11.3 Å². The van der Waals surface area contributed by atoms with Gasteiger partial charge in [0, 0.05) is 12.6 Å². The lowest BCUT2D eigenvalue weighted by Crippen LogP contribution is -2.41. The molecule has 0 bridgehead atoms. The molecule has 2 heteroatoms. The van der Waals surface area contributed by atoms with E-state index in [1.807, 2.05) is 0 Å². The Kier molecular flexibility index (Phi) is 7.38. The van der Waals surface area contributed by atoms with Crippen LogP contribution in [0.3, 0.4) is 0 Å². The van der Waals surface area contributed by atoms with E-state index in [2.05, 4.69) is 44.8 Å². The van der Waals surface area contributed by atoms with Gasteiger partial charge in [0.1, 0.15) is 0 Å². The van der Waals surface area contributed by atoms with Crippen molar-refractivity contribution in [2.24, 2.45) is 11.3 Å². The van der Waals surface area contributed by atoms with Gasteiger partial charge in [0.15, 0.2) is 0 Å². The smallest absolute Gasteiger partial charge is 0.0192 e. The number of nitrogens with one attached hydrogen (secondary N) is 1. The molecular weight excluding hydrogens is 232 g/mol. The van der Waals surface area contributed by atoms with Crippen molar-refractivity contribution in [1.82, 2.24) is 10.2 Å². The first-order valence-electron chi connectivity index (χ1n) is 8.40. The van der Waals surface area contributed by atoms with Crippen molar-refractivity contribution in [2.45, 2.75) is 72.8 Å². The minimum Gasteiger partial charge on any atom is -0.315 e. The highest BCUT2D eigenvalue weighted by Crippen LogP contribution is 2.34. The highest BCUT2D eigenvalue weighted by molar-refractivity contribution is 4.81. The molecule has 0 aliphatic carbocycles. The van der Waals surface area contributed by atoms with Crippen LogP contribution in [0.15, 0.2) is 0 Å². The Labute approximate surface area is 121 Å². The van der Waals surface area contributed by atoms with Crippen LogP contribution in [-0.2, 0) is 0 Å². The monoisotopic (exact) mass is 268 g/mol. The van der Waals surface area contributed by atoms with E-state index in [9.17, 15) is 0 Å². The normalized spacial score (nSPS) is 24.2. The quantitative estimate of drug-likeness (QED) is 0.735. The molecule has 0 aromatic heterocycles. The standard InChI is InChI=1S/C17H36N2/c1-6-7-11-18-14-15(2)19-12-8-9-16(10-13-19)17(3,4)5/h15-16,18H,6-14H2,1-5H3. The maximum Gasteiger partial charge on any atom is 0.0192 e. The molecule has 1 aliphatic heterocycles. The summed E-state index contributed by atoms with van der Waals surface area (Å²) in [7, 11) is 0. The van der Waals surface area contributed by atoms with E-state index in [1.54, 1.807) is 0 Å². The fourth-order valence-corrected chi connectivity index (χ4v) is 3.17. The summed E-state index contributed by atoms with van der Waals surface area (Å²) in [6, 6.07) is 0.690. The number of likely N-dealkylation sites (tertiary alicyclic amines) is 1. The third-order valence-corrected chi connectivity index (χ3v) is 4.76. The number of hydrogen-bond donors (Lipinski definition) is 1. The topological polar surface area (TPSA) is 15.3 Å². The molecule has 19 heavy (non-hydrogen) atoms. The number of rotatable bonds is 6. The Morgan fingerprint density at radius 2 is 1.95 bits per heavy atom. The van der Waals surface area contributed by atoms with Gasteiger partial charge in [0.2, 0.25) is 0 Å². The van der Waals surface area contributed by atoms with Gasteiger partial charge in [-0.25, -0.2) is 0 Å². The van der Waals surface area contributed by atoms with Gasteiger partial charge < -0.3 is 5.32 Å². The maximum absolute atomic E-state index is 3.60. The number of unbranched alkanes of at least 4 members (excludes halogenated alkanes) is 1. The Hall–Kier alpha value is -0.0800. The van der Waals surface area contributed by atoms with Crippen LogP contribution in [0.4, 0.5) is 0 Å². The van der Waals surface area contributed by atoms with E-state index in [4.69, 9.17) is 0 Å². The minimum atomic E-state index is 0.485. The van der Waals surface area contributed by atoms with Gasteiger partial charge in [-0.15, -0.1) is 0 Å². The minimum absolute atomic E-state index is 0.485. The zero-order chi connectivity index (χ0) is 14.3. The van der Waals surface area contributed by atoms with Gasteiger partial charge in [0.25, 0.3) is 0 Å². The Bertz CT molecular complexity index is 232. The van der Waals surface area contributed by atoms with Crippen molar-refractivity contribution in [1.29, 1.82) is 0 Å². The molecule has 1 rings (SSSR count). The molecule has 0 aromatic rings. The second-order valence-electron chi connectivity index (χ2n) is 7.44. The molecule has 0 saturated carbocycles. The average Bonchev–Trinajstić information content (AvgIpc) is 2.59. The summed E-state index contributed by atoms with van der Waals surface area (Å²) in [5.74, 6) is 0.901. The van der Waals surface area contributed by atoms with E-state index in [0.29, 0.717) is 11.5 Å². The highest BCUT2D eigenvalue weighted by atomic mass is 15.2. The highest BCUT2D eigenvalue weighted by Gasteiger charge is 2.28. The first-order valence-corrected chi connectivity index (χ1v) is 8.40. The molecule has 2 nitrogen and oxygen atoms in total. The predicted molar refractivity (Wildman–Crippen MR) is 85.6 cm³/mol. The van der Waals surface area contributed by atoms with Gasteiger partial charge in [-0.1, -0.05) is 34.1 Å². The molecule has 1 N–H and O–H groups in total. The van der Waals surface area contributed by atoms with Crippen molar-refractivity contribution in [2.75, 3.05) is 26.2 Å². The molecule has 1 aliphatic rings. The molecule has 2 atom stereocenters. The van der Waals surface area contributed by atoms with Gasteiger partial charge in [-0.05, 0) is 63.6 Å². The van der Waals surface area contributed by atoms with Crippen LogP contribution in [0.1, 0.15) is 66.7 Å². The SMILES string of the molecule is CCCCNCC(C)N1CCCC(C(C)(C)C)CC1. The zero-order valence-corrected chi connectivity index (χ0v) is 14.0. The fraction of sp³-hybridized carbons (Fsp3) is 1.00. The van der Waals surface area contributed by atoms with Crippen LogP contribution in [0.2, 0.25) is 0 Å². The molecule has 2 unspecified atom stereocenters. The molecule has 0 radical (unpaired) electrons. The Balaban J connectivity index is 2.31.